The first-order chi connectivity index (χ1) is 9.88. The Labute approximate surface area is 141 Å². The molecule has 0 saturated heterocycles. The maximum Gasteiger partial charge on any atom is 0.335 e. The van der Waals surface area contributed by atoms with Crippen LogP contribution < -0.4 is 5.32 Å². The van der Waals surface area contributed by atoms with Gasteiger partial charge in [-0.3, -0.25) is 4.79 Å². The highest BCUT2D eigenvalue weighted by Gasteiger charge is 2.14. The minimum absolute atomic E-state index is 0.103. The number of rotatable bonds is 3. The Hall–Kier alpha value is -1.48. The molecule has 4 nitrogen and oxygen atoms in total. The number of carboxylic acid groups (broad SMARTS) is 1. The zero-order valence-corrected chi connectivity index (χ0v) is 14.1. The van der Waals surface area contributed by atoms with Gasteiger partial charge in [-0.25, -0.2) is 9.18 Å². The molecule has 2 rings (SSSR count). The van der Waals surface area contributed by atoms with Gasteiger partial charge < -0.3 is 10.4 Å². The summed E-state index contributed by atoms with van der Waals surface area (Å²) in [7, 11) is 0. The van der Waals surface area contributed by atoms with E-state index < -0.39 is 17.7 Å². The van der Waals surface area contributed by atoms with Crippen LogP contribution in [0.15, 0.2) is 40.9 Å². The van der Waals surface area contributed by atoms with E-state index >= 15 is 0 Å². The fourth-order valence-corrected chi connectivity index (χ4v) is 2.53. The lowest BCUT2D eigenvalue weighted by molar-refractivity contribution is 0.0696. The second kappa shape index (κ2) is 6.52. The van der Waals surface area contributed by atoms with Gasteiger partial charge in [-0.2, -0.15) is 0 Å². The van der Waals surface area contributed by atoms with Crippen LogP contribution in [0.4, 0.5) is 10.1 Å². The van der Waals surface area contributed by atoms with Crippen LogP contribution in [0.25, 0.3) is 0 Å². The van der Waals surface area contributed by atoms with Crippen molar-refractivity contribution >= 4 is 56.1 Å². The van der Waals surface area contributed by atoms with E-state index in [1.54, 1.807) is 12.1 Å². The van der Waals surface area contributed by atoms with E-state index in [4.69, 9.17) is 5.11 Å². The summed E-state index contributed by atoms with van der Waals surface area (Å²) in [5.74, 6) is -2.42. The minimum atomic E-state index is -1.19. The molecule has 1 amide bonds. The maximum atomic E-state index is 13.7. The number of hydrogen-bond acceptors (Lipinski definition) is 2. The molecule has 2 N–H and O–H groups in total. The summed E-state index contributed by atoms with van der Waals surface area (Å²) < 4.78 is 15.1. The van der Waals surface area contributed by atoms with Gasteiger partial charge >= 0.3 is 5.97 Å². The Morgan fingerprint density at radius 2 is 1.90 bits per heavy atom. The molecular weight excluding hydrogens is 456 g/mol. The molecule has 0 aromatic heterocycles. The van der Waals surface area contributed by atoms with Crippen LogP contribution in [-0.4, -0.2) is 17.0 Å². The number of carboxylic acids is 1. The second-order valence-electron chi connectivity index (χ2n) is 4.08. The molecule has 0 radical (unpaired) electrons. The van der Waals surface area contributed by atoms with Crippen molar-refractivity contribution in [3.63, 3.8) is 0 Å². The second-order valence-corrected chi connectivity index (χ2v) is 6.18. The molecule has 0 atom stereocenters. The molecule has 0 spiro atoms. The summed E-state index contributed by atoms with van der Waals surface area (Å²) in [4.78, 5) is 23.0. The SMILES string of the molecule is O=C(O)c1ccc(F)c(NC(=O)c2cc(I)ccc2Br)c1. The first-order valence-corrected chi connectivity index (χ1v) is 7.55. The summed E-state index contributed by atoms with van der Waals surface area (Å²) in [5.41, 5.74) is 0.0566. The maximum absolute atomic E-state index is 13.7. The predicted molar refractivity (Wildman–Crippen MR) is 88.2 cm³/mol. The van der Waals surface area contributed by atoms with Crippen LogP contribution >= 0.6 is 38.5 Å². The van der Waals surface area contributed by atoms with E-state index in [0.717, 1.165) is 21.8 Å². The fraction of sp³-hybridized carbons (Fsp3) is 0. The first kappa shape index (κ1) is 15.9. The van der Waals surface area contributed by atoms with Crippen molar-refractivity contribution in [3.8, 4) is 0 Å². The highest BCUT2D eigenvalue weighted by Crippen LogP contribution is 2.22. The number of carbonyl (C=O) groups is 2. The van der Waals surface area contributed by atoms with Gasteiger partial charge in [-0.05, 0) is 74.9 Å². The molecule has 2 aromatic carbocycles. The van der Waals surface area contributed by atoms with Crippen LogP contribution in [0.1, 0.15) is 20.7 Å². The molecule has 108 valence electrons. The van der Waals surface area contributed by atoms with Crippen molar-refractivity contribution in [1.29, 1.82) is 0 Å². The molecule has 2 aromatic rings. The van der Waals surface area contributed by atoms with Crippen molar-refractivity contribution in [2.75, 3.05) is 5.32 Å². The lowest BCUT2D eigenvalue weighted by atomic mass is 10.1. The Morgan fingerprint density at radius 3 is 2.57 bits per heavy atom. The predicted octanol–water partition coefficient (Wildman–Crippen LogP) is 4.14. The van der Waals surface area contributed by atoms with Crippen LogP contribution in [0.3, 0.4) is 0 Å². The van der Waals surface area contributed by atoms with Gasteiger partial charge in [-0.15, -0.1) is 0 Å². The van der Waals surface area contributed by atoms with Gasteiger partial charge in [0.25, 0.3) is 5.91 Å². The largest absolute Gasteiger partial charge is 0.478 e. The molecule has 0 aliphatic heterocycles. The van der Waals surface area contributed by atoms with Gasteiger partial charge in [0.1, 0.15) is 5.82 Å². The van der Waals surface area contributed by atoms with Crippen LogP contribution in [0.5, 0.6) is 0 Å². The van der Waals surface area contributed by atoms with Crippen molar-refractivity contribution in [2.24, 2.45) is 0 Å². The molecular formula is C14H8BrFINO3. The number of anilines is 1. The van der Waals surface area contributed by atoms with Crippen molar-refractivity contribution < 1.29 is 19.1 Å². The normalized spacial score (nSPS) is 10.2. The van der Waals surface area contributed by atoms with Gasteiger partial charge in [0.2, 0.25) is 0 Å². The Morgan fingerprint density at radius 1 is 1.19 bits per heavy atom. The van der Waals surface area contributed by atoms with E-state index in [-0.39, 0.29) is 11.3 Å². The molecule has 0 aliphatic rings. The molecule has 0 unspecified atom stereocenters. The highest BCUT2D eigenvalue weighted by molar-refractivity contribution is 14.1. The Bertz CT molecular complexity index is 736. The number of aromatic carboxylic acids is 1. The lowest BCUT2D eigenvalue weighted by Gasteiger charge is -2.09. The number of hydrogen-bond donors (Lipinski definition) is 2. The van der Waals surface area contributed by atoms with Gasteiger partial charge in [0.05, 0.1) is 16.8 Å². The van der Waals surface area contributed by atoms with E-state index in [1.165, 1.54) is 0 Å². The molecule has 0 fully saturated rings. The van der Waals surface area contributed by atoms with Crippen molar-refractivity contribution in [2.45, 2.75) is 0 Å². The van der Waals surface area contributed by atoms with Crippen molar-refractivity contribution in [1.82, 2.24) is 0 Å². The third-order valence-electron chi connectivity index (χ3n) is 2.63. The third-order valence-corrected chi connectivity index (χ3v) is 4.00. The van der Waals surface area contributed by atoms with Gasteiger partial charge in [0.15, 0.2) is 0 Å². The van der Waals surface area contributed by atoms with E-state index in [2.05, 4.69) is 43.8 Å². The smallest absolute Gasteiger partial charge is 0.335 e. The van der Waals surface area contributed by atoms with Crippen LogP contribution in [0, 0.1) is 9.39 Å². The molecule has 21 heavy (non-hydrogen) atoms. The Kier molecular flexibility index (Phi) is 4.94. The standard InChI is InChI=1S/C14H8BrFINO3/c15-10-3-2-8(17)6-9(10)13(19)18-12-5-7(14(20)21)1-4-11(12)16/h1-6H,(H,18,19)(H,20,21). The molecule has 0 bridgehead atoms. The van der Waals surface area contributed by atoms with Crippen LogP contribution in [-0.2, 0) is 0 Å². The first-order valence-electron chi connectivity index (χ1n) is 5.67. The van der Waals surface area contributed by atoms with Gasteiger partial charge in [0, 0.05) is 8.04 Å². The van der Waals surface area contributed by atoms with Crippen molar-refractivity contribution in [3.05, 3.63) is 61.4 Å². The summed E-state index contributed by atoms with van der Waals surface area (Å²) >= 11 is 5.30. The van der Waals surface area contributed by atoms with Gasteiger partial charge in [-0.1, -0.05) is 0 Å². The molecule has 0 heterocycles. The zero-order valence-electron chi connectivity index (χ0n) is 10.4. The topological polar surface area (TPSA) is 66.4 Å². The minimum Gasteiger partial charge on any atom is -0.478 e. The summed E-state index contributed by atoms with van der Waals surface area (Å²) in [6.45, 7) is 0. The number of amides is 1. The molecule has 7 heteroatoms. The molecule has 0 saturated carbocycles. The van der Waals surface area contributed by atoms with E-state index in [1.807, 2.05) is 6.07 Å². The zero-order chi connectivity index (χ0) is 15.6. The third kappa shape index (κ3) is 3.79. The monoisotopic (exact) mass is 463 g/mol. The van der Waals surface area contributed by atoms with E-state index in [0.29, 0.717) is 10.0 Å². The summed E-state index contributed by atoms with van der Waals surface area (Å²) in [6, 6.07) is 8.38. The summed E-state index contributed by atoms with van der Waals surface area (Å²) in [6.07, 6.45) is 0. The van der Waals surface area contributed by atoms with Crippen LogP contribution in [0.2, 0.25) is 0 Å². The highest BCUT2D eigenvalue weighted by atomic mass is 127. The molecule has 0 aliphatic carbocycles. The van der Waals surface area contributed by atoms with E-state index in [9.17, 15) is 14.0 Å². The summed E-state index contributed by atoms with van der Waals surface area (Å²) in [5, 5.41) is 11.3. The number of halogens is 3. The Balaban J connectivity index is 2.33. The number of carbonyl (C=O) groups excluding carboxylic acids is 1. The average Bonchev–Trinajstić information content (AvgIpc) is 2.43. The number of benzene rings is 2. The average molecular weight is 464 g/mol. The number of nitrogens with one attached hydrogen (secondary N) is 1. The quantitative estimate of drug-likeness (QED) is 0.672. The lowest BCUT2D eigenvalue weighted by Crippen LogP contribution is -2.14. The fourth-order valence-electron chi connectivity index (χ4n) is 1.62.